The Kier molecular flexibility index (Phi) is 17.1. The normalized spacial score (nSPS) is 12.3. The highest BCUT2D eigenvalue weighted by molar-refractivity contribution is 6.24. The third-order valence-corrected chi connectivity index (χ3v) is 27.5. The third-order valence-electron chi connectivity index (χ3n) is 27.5. The summed E-state index contributed by atoms with van der Waals surface area (Å²) in [6.45, 7) is 14.1. The molecule has 0 spiro atoms. The van der Waals surface area contributed by atoms with Gasteiger partial charge in [0.1, 0.15) is 44.7 Å². The second-order valence-electron chi connectivity index (χ2n) is 37.5. The van der Waals surface area contributed by atoms with Crippen molar-refractivity contribution in [3.63, 3.8) is 0 Å². The van der Waals surface area contributed by atoms with E-state index in [2.05, 4.69) is 473 Å². The first-order chi connectivity index (χ1) is 64.7. The molecule has 20 aromatic carbocycles. The van der Waals surface area contributed by atoms with Crippen LogP contribution in [0.3, 0.4) is 0 Å². The van der Waals surface area contributed by atoms with Crippen LogP contribution in [0.2, 0.25) is 0 Å². The SMILES string of the molecule is CC(C)(C)c1cc(-c2cc(N(c3cccc(-n4c5ccccc5c5c6ccccc6ccc54)c3)c3c(-c4ccc5oc6ccccc6c5c4)cccc3-c3ccc4oc5ccccc5c4c3)cc(N(c3cccc(-n4c5ccccc5c5c6ccccc6ccc54)c3)c3c(-c4ccc5oc6ccccc6c5c4)cccc3-c3ccc4oc5ccccc5c4c3)c2)cc(C(C)(C)C)c1. The Morgan fingerprint density at radius 2 is 0.500 bits per heavy atom. The van der Waals surface area contributed by atoms with Gasteiger partial charge in [0.2, 0.25) is 0 Å². The quantitative estimate of drug-likeness (QED) is 0.115. The van der Waals surface area contributed by atoms with Crippen LogP contribution in [0, 0.1) is 0 Å². The lowest BCUT2D eigenvalue weighted by Gasteiger charge is -2.34. The minimum Gasteiger partial charge on any atom is -0.456 e. The molecule has 6 heterocycles. The summed E-state index contributed by atoms with van der Waals surface area (Å²) in [5.74, 6) is 0. The number of hydrogen-bond donors (Lipinski definition) is 0. The van der Waals surface area contributed by atoms with E-state index < -0.39 is 0 Å². The Hall–Kier alpha value is -16.7. The van der Waals surface area contributed by atoms with E-state index in [-0.39, 0.29) is 10.8 Å². The van der Waals surface area contributed by atoms with Gasteiger partial charge >= 0.3 is 0 Å². The number of furan rings is 4. The lowest BCUT2D eigenvalue weighted by Crippen LogP contribution is -2.17. The predicted molar refractivity (Wildman–Crippen MR) is 553 cm³/mol. The van der Waals surface area contributed by atoms with Crippen LogP contribution in [-0.2, 0) is 10.8 Å². The van der Waals surface area contributed by atoms with Crippen molar-refractivity contribution in [3.05, 3.63) is 424 Å². The van der Waals surface area contributed by atoms with Crippen molar-refractivity contribution in [3.8, 4) is 67.0 Å². The highest BCUT2D eigenvalue weighted by atomic mass is 16.3. The highest BCUT2D eigenvalue weighted by Crippen LogP contribution is 2.56. The zero-order valence-electron chi connectivity index (χ0n) is 73.7. The van der Waals surface area contributed by atoms with E-state index in [0.717, 1.165) is 211 Å². The average molecular weight is 1700 g/mol. The van der Waals surface area contributed by atoms with E-state index in [1.807, 2.05) is 0 Å². The summed E-state index contributed by atoms with van der Waals surface area (Å²) in [6, 6.07) is 153. The van der Waals surface area contributed by atoms with Crippen molar-refractivity contribution in [2.75, 3.05) is 9.80 Å². The number of anilines is 6. The molecular formula is C124H86N4O4. The molecule has 0 saturated heterocycles. The van der Waals surface area contributed by atoms with Gasteiger partial charge in [-0.2, -0.15) is 0 Å². The van der Waals surface area contributed by atoms with Gasteiger partial charge in [0.15, 0.2) is 0 Å². The molecule has 0 saturated carbocycles. The molecule has 0 amide bonds. The van der Waals surface area contributed by atoms with Crippen LogP contribution in [0.1, 0.15) is 52.7 Å². The fraction of sp³-hybridized carbons (Fsp3) is 0.0645. The van der Waals surface area contributed by atoms with Crippen LogP contribution in [0.25, 0.3) is 220 Å². The largest absolute Gasteiger partial charge is 0.456 e. The van der Waals surface area contributed by atoms with Crippen molar-refractivity contribution in [1.82, 2.24) is 9.13 Å². The van der Waals surface area contributed by atoms with Crippen LogP contribution in [0.5, 0.6) is 0 Å². The lowest BCUT2D eigenvalue weighted by molar-refractivity contribution is 0.569. The number of rotatable bonds is 13. The van der Waals surface area contributed by atoms with Gasteiger partial charge in [-0.15, -0.1) is 0 Å². The summed E-state index contributed by atoms with van der Waals surface area (Å²) >= 11 is 0. The summed E-state index contributed by atoms with van der Waals surface area (Å²) in [5, 5.41) is 17.8. The zero-order chi connectivity index (χ0) is 87.9. The van der Waals surface area contributed by atoms with Crippen molar-refractivity contribution < 1.29 is 17.7 Å². The maximum Gasteiger partial charge on any atom is 0.135 e. The Morgan fingerprint density at radius 1 is 0.197 bits per heavy atom. The number of fused-ring (bicyclic) bond motifs is 22. The number of hydrogen-bond acceptors (Lipinski definition) is 6. The maximum absolute atomic E-state index is 6.76. The summed E-state index contributed by atoms with van der Waals surface area (Å²) in [6.07, 6.45) is 0. The first-order valence-corrected chi connectivity index (χ1v) is 45.6. The summed E-state index contributed by atoms with van der Waals surface area (Å²) in [7, 11) is 0. The first-order valence-electron chi connectivity index (χ1n) is 45.6. The van der Waals surface area contributed by atoms with Crippen molar-refractivity contribution in [2.24, 2.45) is 0 Å². The second kappa shape index (κ2) is 29.4. The van der Waals surface area contributed by atoms with Gasteiger partial charge in [-0.1, -0.05) is 302 Å². The van der Waals surface area contributed by atoms with Crippen molar-refractivity contribution in [1.29, 1.82) is 0 Å². The molecule has 626 valence electrons. The van der Waals surface area contributed by atoms with E-state index in [9.17, 15) is 0 Å². The minimum absolute atomic E-state index is 0.263. The van der Waals surface area contributed by atoms with E-state index in [1.54, 1.807) is 0 Å². The van der Waals surface area contributed by atoms with E-state index >= 15 is 0 Å². The molecule has 0 aliphatic carbocycles. The van der Waals surface area contributed by atoms with Crippen molar-refractivity contribution >= 4 is 187 Å². The number of para-hydroxylation sites is 8. The monoisotopic (exact) mass is 1690 g/mol. The lowest BCUT2D eigenvalue weighted by atomic mass is 9.79. The molecule has 0 atom stereocenters. The molecule has 0 N–H and O–H groups in total. The molecule has 26 rings (SSSR count). The molecule has 8 heteroatoms. The van der Waals surface area contributed by atoms with E-state index in [1.165, 1.54) is 54.2 Å². The smallest absolute Gasteiger partial charge is 0.135 e. The van der Waals surface area contributed by atoms with Crippen LogP contribution in [-0.4, -0.2) is 9.13 Å². The fourth-order valence-corrected chi connectivity index (χ4v) is 21.1. The molecule has 0 bridgehead atoms. The summed E-state index contributed by atoms with van der Waals surface area (Å²) in [4.78, 5) is 5.19. The van der Waals surface area contributed by atoms with Crippen LogP contribution in [0.15, 0.2) is 430 Å². The number of nitrogens with zero attached hydrogens (tertiary/aromatic N) is 4. The van der Waals surface area contributed by atoms with Gasteiger partial charge in [-0.05, 0) is 229 Å². The number of aromatic nitrogens is 2. The van der Waals surface area contributed by atoms with Gasteiger partial charge in [0.25, 0.3) is 0 Å². The molecule has 0 aliphatic rings. The van der Waals surface area contributed by atoms with E-state index in [0.29, 0.717) is 0 Å². The second-order valence-corrected chi connectivity index (χ2v) is 37.5. The molecule has 0 fully saturated rings. The molecule has 0 unspecified atom stereocenters. The van der Waals surface area contributed by atoms with Gasteiger partial charge in [-0.25, -0.2) is 0 Å². The number of benzene rings is 20. The van der Waals surface area contributed by atoms with Crippen LogP contribution in [0.4, 0.5) is 34.1 Å². The van der Waals surface area contributed by atoms with E-state index in [4.69, 9.17) is 17.7 Å². The molecule has 26 aromatic rings. The standard InChI is InChI=1S/C124H86N4O4/c1-123(2,3)83-63-81(64-84(71-83)124(4,5)6)82-65-89(125(85-29-23-31-87(72-85)127-107-45-17-11-39-101(107)119-91-33-9-7-27-75(91)51-57-109(119)127)121-93(77-53-59-115-103(67-77)97-35-13-19-47-111(97)129-115)41-25-42-94(121)78-54-60-116-104(68-78)98-36-14-20-48-112(98)130-116)74-90(66-82)126(86-30-24-32-88(73-86)128-108-46-18-12-40-102(108)120-92-34-10-8-28-76(92)52-58-110(120)128)122-95(79-55-61-117-105(69-79)99-37-15-21-49-113(99)131-117)43-26-44-96(122)80-56-62-118-106(70-80)100-38-16-22-50-114(100)132-118/h7-74H,1-6H3. The summed E-state index contributed by atoms with van der Waals surface area (Å²) < 4.78 is 32.0. The molecule has 8 nitrogen and oxygen atoms in total. The van der Waals surface area contributed by atoms with Crippen LogP contribution >= 0.6 is 0 Å². The molecule has 132 heavy (non-hydrogen) atoms. The minimum atomic E-state index is -0.263. The highest BCUT2D eigenvalue weighted by Gasteiger charge is 2.32. The summed E-state index contributed by atoms with van der Waals surface area (Å²) in [5.41, 5.74) is 30.7. The molecule has 0 aliphatic heterocycles. The van der Waals surface area contributed by atoms with Crippen molar-refractivity contribution in [2.45, 2.75) is 52.4 Å². The van der Waals surface area contributed by atoms with Crippen LogP contribution < -0.4 is 9.80 Å². The Labute approximate surface area is 761 Å². The van der Waals surface area contributed by atoms with Gasteiger partial charge in [-0.3, -0.25) is 0 Å². The maximum atomic E-state index is 6.76. The Bertz CT molecular complexity index is 8520. The molecular weight excluding hydrogens is 1610 g/mol. The van der Waals surface area contributed by atoms with Gasteiger partial charge in [0, 0.05) is 121 Å². The fourth-order valence-electron chi connectivity index (χ4n) is 21.1. The average Bonchev–Trinajstić information content (AvgIpc) is 1.50. The Morgan fingerprint density at radius 3 is 0.856 bits per heavy atom. The van der Waals surface area contributed by atoms with Gasteiger partial charge in [0.05, 0.1) is 33.4 Å². The Balaban J connectivity index is 0.830. The zero-order valence-corrected chi connectivity index (χ0v) is 73.7. The van der Waals surface area contributed by atoms with Gasteiger partial charge < -0.3 is 36.6 Å². The predicted octanol–water partition coefficient (Wildman–Crippen LogP) is 35.7. The molecule has 0 radical (unpaired) electrons. The molecule has 6 aromatic heterocycles. The first kappa shape index (κ1) is 76.5. The third kappa shape index (κ3) is 12.3. The topological polar surface area (TPSA) is 68.9 Å².